The second kappa shape index (κ2) is 6.78. The molecule has 25 heavy (non-hydrogen) atoms. The molecule has 0 aliphatic heterocycles. The number of ether oxygens (including phenoxy) is 2. The molecule has 6 heteroatoms. The normalized spacial score (nSPS) is 15.5. The van der Waals surface area contributed by atoms with Crippen LogP contribution in [0.3, 0.4) is 0 Å². The summed E-state index contributed by atoms with van der Waals surface area (Å²) in [5.74, 6) is -1.03. The van der Waals surface area contributed by atoms with Crippen molar-refractivity contribution >= 4 is 23.0 Å². The highest BCUT2D eigenvalue weighted by molar-refractivity contribution is 6.01. The van der Waals surface area contributed by atoms with Gasteiger partial charge in [0.2, 0.25) is 0 Å². The first-order valence-corrected chi connectivity index (χ1v) is 8.61. The molecule has 1 aliphatic rings. The summed E-state index contributed by atoms with van der Waals surface area (Å²) >= 11 is 0. The Balaban J connectivity index is 2.10. The number of fused-ring (bicyclic) bond motifs is 2. The third-order valence-electron chi connectivity index (χ3n) is 4.80. The Hall–Kier alpha value is -2.50. The molecule has 0 atom stereocenters. The van der Waals surface area contributed by atoms with E-state index >= 15 is 0 Å². The van der Waals surface area contributed by atoms with Crippen molar-refractivity contribution in [1.29, 1.82) is 0 Å². The van der Waals surface area contributed by atoms with Crippen LogP contribution < -0.4 is 0 Å². The number of rotatable bonds is 4. The summed E-state index contributed by atoms with van der Waals surface area (Å²) in [4.78, 5) is 34.4. The van der Waals surface area contributed by atoms with Crippen LogP contribution in [-0.2, 0) is 31.9 Å². The number of carbonyl (C=O) groups excluding carboxylic acids is 2. The fourth-order valence-corrected chi connectivity index (χ4v) is 3.48. The van der Waals surface area contributed by atoms with Crippen LogP contribution in [0.15, 0.2) is 18.3 Å². The maximum absolute atomic E-state index is 12.7. The fourth-order valence-electron chi connectivity index (χ4n) is 3.48. The van der Waals surface area contributed by atoms with Gasteiger partial charge in [-0.1, -0.05) is 0 Å². The predicted molar refractivity (Wildman–Crippen MR) is 92.0 cm³/mol. The van der Waals surface area contributed by atoms with Crippen LogP contribution in [0.5, 0.6) is 0 Å². The standard InChI is InChI=1S/C19H22N2O4/c1-4-24-17(22)19(18(23)25-5-2)9-8-14-13(11-19)12(3)16-15(21-14)7-6-10-20-16/h6-7,10H,4-5,8-9,11H2,1-3H3. The number of hydrogen-bond donors (Lipinski definition) is 0. The lowest BCUT2D eigenvalue weighted by Gasteiger charge is -2.34. The van der Waals surface area contributed by atoms with Crippen molar-refractivity contribution in [3.8, 4) is 0 Å². The topological polar surface area (TPSA) is 78.4 Å². The summed E-state index contributed by atoms with van der Waals surface area (Å²) in [7, 11) is 0. The average Bonchev–Trinajstić information content (AvgIpc) is 2.62. The maximum Gasteiger partial charge on any atom is 0.323 e. The number of hydrogen-bond acceptors (Lipinski definition) is 6. The second-order valence-corrected chi connectivity index (χ2v) is 6.23. The molecule has 1 aliphatic carbocycles. The number of carbonyl (C=O) groups is 2. The average molecular weight is 342 g/mol. The van der Waals surface area contributed by atoms with Crippen LogP contribution in [0.2, 0.25) is 0 Å². The van der Waals surface area contributed by atoms with Crippen LogP contribution in [0, 0.1) is 12.3 Å². The quantitative estimate of drug-likeness (QED) is 0.628. The number of pyridine rings is 2. The van der Waals surface area contributed by atoms with Gasteiger partial charge in [-0.3, -0.25) is 19.6 Å². The number of aryl methyl sites for hydroxylation is 2. The van der Waals surface area contributed by atoms with Gasteiger partial charge in [-0.05, 0) is 56.9 Å². The first-order valence-electron chi connectivity index (χ1n) is 8.61. The minimum absolute atomic E-state index is 0.226. The van der Waals surface area contributed by atoms with Crippen LogP contribution >= 0.6 is 0 Å². The van der Waals surface area contributed by atoms with Gasteiger partial charge in [0.05, 0.1) is 24.2 Å². The van der Waals surface area contributed by atoms with Gasteiger partial charge >= 0.3 is 11.9 Å². The van der Waals surface area contributed by atoms with Gasteiger partial charge in [0.1, 0.15) is 0 Å². The van der Waals surface area contributed by atoms with E-state index < -0.39 is 17.4 Å². The Labute approximate surface area is 146 Å². The SMILES string of the molecule is CCOC(=O)C1(C(=O)OCC)CCc2nc3cccnc3c(C)c2C1. The van der Waals surface area contributed by atoms with Gasteiger partial charge < -0.3 is 9.47 Å². The highest BCUT2D eigenvalue weighted by Crippen LogP contribution is 2.40. The lowest BCUT2D eigenvalue weighted by Crippen LogP contribution is -2.46. The maximum atomic E-state index is 12.7. The van der Waals surface area contributed by atoms with Gasteiger partial charge in [-0.2, -0.15) is 0 Å². The molecule has 2 heterocycles. The van der Waals surface area contributed by atoms with Crippen molar-refractivity contribution in [1.82, 2.24) is 9.97 Å². The van der Waals surface area contributed by atoms with E-state index in [1.54, 1.807) is 20.0 Å². The predicted octanol–water partition coefficient (Wildman–Crippen LogP) is 2.54. The van der Waals surface area contributed by atoms with Crippen molar-refractivity contribution in [3.63, 3.8) is 0 Å². The fraction of sp³-hybridized carbons (Fsp3) is 0.474. The van der Waals surface area contributed by atoms with E-state index in [4.69, 9.17) is 9.47 Å². The molecular weight excluding hydrogens is 320 g/mol. The Bertz CT molecular complexity index is 814. The van der Waals surface area contributed by atoms with Gasteiger partial charge in [-0.15, -0.1) is 0 Å². The molecule has 0 aromatic carbocycles. The zero-order chi connectivity index (χ0) is 18.0. The molecule has 0 saturated carbocycles. The Kier molecular flexibility index (Phi) is 4.70. The number of esters is 2. The lowest BCUT2D eigenvalue weighted by atomic mass is 9.71. The van der Waals surface area contributed by atoms with Gasteiger partial charge in [-0.25, -0.2) is 0 Å². The molecule has 0 spiro atoms. The summed E-state index contributed by atoms with van der Waals surface area (Å²) in [5, 5.41) is 0. The van der Waals surface area contributed by atoms with Crippen molar-refractivity contribution in [2.45, 2.75) is 40.0 Å². The van der Waals surface area contributed by atoms with E-state index in [0.29, 0.717) is 12.8 Å². The van der Waals surface area contributed by atoms with E-state index in [1.165, 1.54) is 0 Å². The highest BCUT2D eigenvalue weighted by atomic mass is 16.6. The van der Waals surface area contributed by atoms with Crippen LogP contribution in [0.4, 0.5) is 0 Å². The number of aromatic nitrogens is 2. The monoisotopic (exact) mass is 342 g/mol. The summed E-state index contributed by atoms with van der Waals surface area (Å²) < 4.78 is 10.4. The molecule has 0 unspecified atom stereocenters. The Morgan fingerprint density at radius 2 is 1.88 bits per heavy atom. The van der Waals surface area contributed by atoms with Crippen LogP contribution in [0.25, 0.3) is 11.0 Å². The molecular formula is C19H22N2O4. The molecule has 2 aromatic heterocycles. The Morgan fingerprint density at radius 3 is 2.52 bits per heavy atom. The molecule has 0 saturated heterocycles. The van der Waals surface area contributed by atoms with Crippen molar-refractivity contribution in [2.75, 3.05) is 13.2 Å². The first-order chi connectivity index (χ1) is 12.0. The van der Waals surface area contributed by atoms with Crippen molar-refractivity contribution in [3.05, 3.63) is 35.2 Å². The van der Waals surface area contributed by atoms with Gasteiger partial charge in [0.25, 0.3) is 0 Å². The summed E-state index contributed by atoms with van der Waals surface area (Å²) in [6, 6.07) is 3.78. The van der Waals surface area contributed by atoms with Crippen LogP contribution in [-0.4, -0.2) is 35.1 Å². The van der Waals surface area contributed by atoms with Crippen LogP contribution in [0.1, 0.15) is 37.1 Å². The van der Waals surface area contributed by atoms with E-state index in [0.717, 1.165) is 27.9 Å². The zero-order valence-electron chi connectivity index (χ0n) is 14.8. The molecule has 0 N–H and O–H groups in total. The molecule has 0 bridgehead atoms. The summed E-state index contributed by atoms with van der Waals surface area (Å²) in [6.07, 6.45) is 2.83. The smallest absolute Gasteiger partial charge is 0.323 e. The lowest BCUT2D eigenvalue weighted by molar-refractivity contribution is -0.173. The van der Waals surface area contributed by atoms with Crippen molar-refractivity contribution < 1.29 is 19.1 Å². The Morgan fingerprint density at radius 1 is 1.20 bits per heavy atom. The molecule has 2 aromatic rings. The number of nitrogens with zero attached hydrogens (tertiary/aromatic N) is 2. The molecule has 0 amide bonds. The molecule has 6 nitrogen and oxygen atoms in total. The third kappa shape index (κ3) is 2.86. The molecule has 3 rings (SSSR count). The minimum Gasteiger partial charge on any atom is -0.465 e. The van der Waals surface area contributed by atoms with Gasteiger partial charge in [0, 0.05) is 18.3 Å². The van der Waals surface area contributed by atoms with E-state index in [2.05, 4.69) is 9.97 Å². The molecule has 0 radical (unpaired) electrons. The van der Waals surface area contributed by atoms with E-state index in [1.807, 2.05) is 19.1 Å². The molecule has 132 valence electrons. The molecule has 0 fully saturated rings. The van der Waals surface area contributed by atoms with Gasteiger partial charge in [0.15, 0.2) is 5.41 Å². The third-order valence-corrected chi connectivity index (χ3v) is 4.80. The first kappa shape index (κ1) is 17.3. The van der Waals surface area contributed by atoms with E-state index in [9.17, 15) is 9.59 Å². The van der Waals surface area contributed by atoms with E-state index in [-0.39, 0.29) is 19.6 Å². The zero-order valence-corrected chi connectivity index (χ0v) is 14.8. The minimum atomic E-state index is -1.30. The second-order valence-electron chi connectivity index (χ2n) is 6.23. The highest BCUT2D eigenvalue weighted by Gasteiger charge is 2.51. The van der Waals surface area contributed by atoms with Crippen molar-refractivity contribution in [2.24, 2.45) is 5.41 Å². The largest absolute Gasteiger partial charge is 0.465 e. The summed E-state index contributed by atoms with van der Waals surface area (Å²) in [6.45, 7) is 5.88. The summed E-state index contributed by atoms with van der Waals surface area (Å²) in [5.41, 5.74) is 3.11.